The molecule has 0 atom stereocenters. The van der Waals surface area contributed by atoms with Crippen molar-refractivity contribution in [3.05, 3.63) is 40.6 Å². The number of aromatic nitrogens is 2. The minimum atomic E-state index is -3.59. The number of nitrogens with zero attached hydrogens (tertiary/aromatic N) is 2. The molecule has 0 saturated heterocycles. The maximum atomic E-state index is 12.2. The van der Waals surface area contributed by atoms with Gasteiger partial charge in [-0.25, -0.2) is 8.42 Å². The van der Waals surface area contributed by atoms with E-state index >= 15 is 0 Å². The van der Waals surface area contributed by atoms with Crippen LogP contribution in [0.1, 0.15) is 5.69 Å². The minimum absolute atomic E-state index is 0.185. The van der Waals surface area contributed by atoms with Crippen molar-refractivity contribution in [1.29, 1.82) is 0 Å². The Morgan fingerprint density at radius 3 is 2.67 bits per heavy atom. The molecule has 2 aromatic rings. The van der Waals surface area contributed by atoms with Crippen molar-refractivity contribution in [2.75, 3.05) is 4.72 Å². The predicted molar refractivity (Wildman–Crippen MR) is 72.9 cm³/mol. The summed E-state index contributed by atoms with van der Waals surface area (Å²) in [5.74, 6) is 0. The molecule has 1 heterocycles. The van der Waals surface area contributed by atoms with E-state index in [4.69, 9.17) is 0 Å². The molecule has 7 heteroatoms. The number of sulfonamides is 1. The molecular weight excluding hydrogens is 318 g/mol. The zero-order chi connectivity index (χ0) is 13.3. The average molecular weight is 330 g/mol. The third kappa shape index (κ3) is 2.56. The van der Waals surface area contributed by atoms with Gasteiger partial charge in [0.2, 0.25) is 0 Å². The van der Waals surface area contributed by atoms with Crippen molar-refractivity contribution in [2.24, 2.45) is 7.05 Å². The lowest BCUT2D eigenvalue weighted by atomic mass is 10.3. The summed E-state index contributed by atoms with van der Waals surface area (Å²) in [6, 6.07) is 6.97. The Hall–Kier alpha value is -1.34. The number of anilines is 1. The zero-order valence-corrected chi connectivity index (χ0v) is 12.3. The SMILES string of the molecule is Cc1c(S(=O)(=O)Nc2cccc(Br)c2)cnn1C. The van der Waals surface area contributed by atoms with Gasteiger partial charge in [-0.15, -0.1) is 0 Å². The minimum Gasteiger partial charge on any atom is -0.279 e. The molecule has 96 valence electrons. The zero-order valence-electron chi connectivity index (χ0n) is 9.88. The van der Waals surface area contributed by atoms with Gasteiger partial charge in [-0.1, -0.05) is 22.0 Å². The van der Waals surface area contributed by atoms with Gasteiger partial charge in [-0.05, 0) is 25.1 Å². The van der Waals surface area contributed by atoms with Gasteiger partial charge in [-0.2, -0.15) is 5.10 Å². The predicted octanol–water partition coefficient (Wildman–Crippen LogP) is 2.29. The van der Waals surface area contributed by atoms with Gasteiger partial charge in [0, 0.05) is 17.2 Å². The fraction of sp³-hybridized carbons (Fsp3) is 0.182. The van der Waals surface area contributed by atoms with Gasteiger partial charge >= 0.3 is 0 Å². The maximum Gasteiger partial charge on any atom is 0.265 e. The van der Waals surface area contributed by atoms with E-state index in [-0.39, 0.29) is 4.90 Å². The Balaban J connectivity index is 2.36. The van der Waals surface area contributed by atoms with Crippen LogP contribution in [0.2, 0.25) is 0 Å². The Morgan fingerprint density at radius 1 is 1.39 bits per heavy atom. The second-order valence-electron chi connectivity index (χ2n) is 3.83. The van der Waals surface area contributed by atoms with Crippen LogP contribution in [0, 0.1) is 6.92 Å². The summed E-state index contributed by atoms with van der Waals surface area (Å²) in [5.41, 5.74) is 1.10. The molecule has 1 N–H and O–H groups in total. The lowest BCUT2D eigenvalue weighted by Gasteiger charge is -2.07. The van der Waals surface area contributed by atoms with Crippen LogP contribution < -0.4 is 4.72 Å². The van der Waals surface area contributed by atoms with Gasteiger partial charge < -0.3 is 0 Å². The lowest BCUT2D eigenvalue weighted by Crippen LogP contribution is -2.13. The molecule has 1 aromatic carbocycles. The standard InChI is InChI=1S/C11H12BrN3O2S/c1-8-11(7-13-15(8)2)18(16,17)14-10-5-3-4-9(12)6-10/h3-7,14H,1-2H3. The van der Waals surface area contributed by atoms with Crippen molar-refractivity contribution in [1.82, 2.24) is 9.78 Å². The van der Waals surface area contributed by atoms with E-state index in [0.29, 0.717) is 11.4 Å². The Bertz CT molecular complexity index is 679. The highest BCUT2D eigenvalue weighted by Gasteiger charge is 2.19. The van der Waals surface area contributed by atoms with Crippen LogP contribution in [-0.2, 0) is 17.1 Å². The number of halogens is 1. The highest BCUT2D eigenvalue weighted by molar-refractivity contribution is 9.10. The molecule has 1 aromatic heterocycles. The van der Waals surface area contributed by atoms with E-state index in [1.165, 1.54) is 10.9 Å². The lowest BCUT2D eigenvalue weighted by molar-refractivity contribution is 0.600. The van der Waals surface area contributed by atoms with Crippen molar-refractivity contribution >= 4 is 31.6 Å². The molecule has 0 amide bonds. The number of nitrogens with one attached hydrogen (secondary N) is 1. The molecule has 0 fully saturated rings. The van der Waals surface area contributed by atoms with E-state index in [2.05, 4.69) is 25.8 Å². The van der Waals surface area contributed by atoms with Gasteiger partial charge in [0.25, 0.3) is 10.0 Å². The van der Waals surface area contributed by atoms with E-state index in [1.807, 2.05) is 6.07 Å². The van der Waals surface area contributed by atoms with Crippen molar-refractivity contribution in [3.8, 4) is 0 Å². The fourth-order valence-electron chi connectivity index (χ4n) is 1.50. The molecule has 0 bridgehead atoms. The molecule has 0 aliphatic heterocycles. The molecule has 2 rings (SSSR count). The molecular formula is C11H12BrN3O2S. The topological polar surface area (TPSA) is 64.0 Å². The summed E-state index contributed by atoms with van der Waals surface area (Å²) in [6.07, 6.45) is 1.34. The monoisotopic (exact) mass is 329 g/mol. The molecule has 0 saturated carbocycles. The van der Waals surface area contributed by atoms with E-state index in [9.17, 15) is 8.42 Å². The van der Waals surface area contributed by atoms with Crippen LogP contribution in [-0.4, -0.2) is 18.2 Å². The van der Waals surface area contributed by atoms with E-state index in [1.54, 1.807) is 32.2 Å². The summed E-state index contributed by atoms with van der Waals surface area (Å²) >= 11 is 3.29. The Labute approximate surface area is 114 Å². The van der Waals surface area contributed by atoms with Crippen molar-refractivity contribution in [2.45, 2.75) is 11.8 Å². The van der Waals surface area contributed by atoms with Crippen LogP contribution in [0.25, 0.3) is 0 Å². The number of rotatable bonds is 3. The summed E-state index contributed by atoms with van der Waals surface area (Å²) in [6.45, 7) is 1.71. The summed E-state index contributed by atoms with van der Waals surface area (Å²) in [4.78, 5) is 0.185. The first-order valence-corrected chi connectivity index (χ1v) is 7.45. The molecule has 0 spiro atoms. The second kappa shape index (κ2) is 4.74. The molecule has 0 radical (unpaired) electrons. The van der Waals surface area contributed by atoms with Gasteiger partial charge in [0.15, 0.2) is 0 Å². The highest BCUT2D eigenvalue weighted by Crippen LogP contribution is 2.21. The summed E-state index contributed by atoms with van der Waals surface area (Å²) in [7, 11) is -1.89. The molecule has 0 aliphatic carbocycles. The third-order valence-corrected chi connectivity index (χ3v) is 4.53. The first kappa shape index (κ1) is 13.1. The fourth-order valence-corrected chi connectivity index (χ4v) is 3.16. The number of benzene rings is 1. The third-order valence-electron chi connectivity index (χ3n) is 2.56. The highest BCUT2D eigenvalue weighted by atomic mass is 79.9. The smallest absolute Gasteiger partial charge is 0.265 e. The molecule has 18 heavy (non-hydrogen) atoms. The average Bonchev–Trinajstić information content (AvgIpc) is 2.59. The van der Waals surface area contributed by atoms with Gasteiger partial charge in [-0.3, -0.25) is 9.40 Å². The molecule has 0 aliphatic rings. The molecule has 5 nitrogen and oxygen atoms in total. The van der Waals surface area contributed by atoms with Crippen molar-refractivity contribution in [3.63, 3.8) is 0 Å². The molecule has 0 unspecified atom stereocenters. The van der Waals surface area contributed by atoms with E-state index in [0.717, 1.165) is 4.47 Å². The largest absolute Gasteiger partial charge is 0.279 e. The number of hydrogen-bond acceptors (Lipinski definition) is 3. The van der Waals surface area contributed by atoms with E-state index < -0.39 is 10.0 Å². The van der Waals surface area contributed by atoms with Gasteiger partial charge in [0.1, 0.15) is 4.90 Å². The van der Waals surface area contributed by atoms with Crippen LogP contribution in [0.4, 0.5) is 5.69 Å². The quantitative estimate of drug-likeness (QED) is 0.939. The second-order valence-corrected chi connectivity index (χ2v) is 6.40. The van der Waals surface area contributed by atoms with Crippen molar-refractivity contribution < 1.29 is 8.42 Å². The Kier molecular flexibility index (Phi) is 3.45. The number of aryl methyl sites for hydroxylation is 1. The normalized spacial score (nSPS) is 11.5. The first-order chi connectivity index (χ1) is 8.40. The Morgan fingerprint density at radius 2 is 2.11 bits per heavy atom. The van der Waals surface area contributed by atoms with Crippen LogP contribution >= 0.6 is 15.9 Å². The van der Waals surface area contributed by atoms with Gasteiger partial charge in [0.05, 0.1) is 11.9 Å². The summed E-state index contributed by atoms with van der Waals surface area (Å²) < 4.78 is 29.2. The van der Waals surface area contributed by atoms with Crippen LogP contribution in [0.5, 0.6) is 0 Å². The van der Waals surface area contributed by atoms with Crippen LogP contribution in [0.3, 0.4) is 0 Å². The summed E-state index contributed by atoms with van der Waals surface area (Å²) in [5, 5.41) is 3.93. The first-order valence-electron chi connectivity index (χ1n) is 5.17. The van der Waals surface area contributed by atoms with Crippen LogP contribution in [0.15, 0.2) is 39.8 Å². The maximum absolute atomic E-state index is 12.2. The number of hydrogen-bond donors (Lipinski definition) is 1.